The standard InChI is InChI=1S/C30H22N2O4/c33-15-9-11-19(23(35)13-15)27-25-17-5-1-3-7-21(17)31-29(25)28(20-12-10-16(34)14-24(20)36)26-18-6-2-4-8-22(18)32-30(26)27/h1-14,27-28,31-36H. The Morgan fingerprint density at radius 1 is 0.500 bits per heavy atom. The Morgan fingerprint density at radius 3 is 1.33 bits per heavy atom. The van der Waals surface area contributed by atoms with Crippen LogP contribution in [0.3, 0.4) is 0 Å². The number of phenolic OH excluding ortho intramolecular Hbond substituents is 4. The number of hydrogen-bond acceptors (Lipinski definition) is 4. The minimum absolute atomic E-state index is 0.00466. The van der Waals surface area contributed by atoms with E-state index in [9.17, 15) is 20.4 Å². The van der Waals surface area contributed by atoms with Gasteiger partial charge in [-0.05, 0) is 35.4 Å². The predicted molar refractivity (Wildman–Crippen MR) is 138 cm³/mol. The topological polar surface area (TPSA) is 113 Å². The molecule has 1 aliphatic carbocycles. The van der Waals surface area contributed by atoms with Crippen molar-refractivity contribution in [2.24, 2.45) is 0 Å². The van der Waals surface area contributed by atoms with Gasteiger partial charge in [0.1, 0.15) is 23.0 Å². The lowest BCUT2D eigenvalue weighted by Gasteiger charge is -2.31. The average molecular weight is 475 g/mol. The van der Waals surface area contributed by atoms with Crippen molar-refractivity contribution < 1.29 is 20.4 Å². The number of rotatable bonds is 2. The van der Waals surface area contributed by atoms with Gasteiger partial charge in [-0.25, -0.2) is 0 Å². The van der Waals surface area contributed by atoms with Crippen LogP contribution < -0.4 is 0 Å². The van der Waals surface area contributed by atoms with E-state index in [1.54, 1.807) is 24.3 Å². The minimum Gasteiger partial charge on any atom is -0.508 e. The van der Waals surface area contributed by atoms with E-state index < -0.39 is 0 Å². The maximum atomic E-state index is 11.0. The normalized spacial score (nSPS) is 16.8. The molecule has 6 aromatic rings. The number of aromatic amines is 2. The lowest BCUT2D eigenvalue weighted by atomic mass is 9.72. The Morgan fingerprint density at radius 2 is 0.917 bits per heavy atom. The molecule has 1 aliphatic rings. The van der Waals surface area contributed by atoms with Gasteiger partial charge in [0, 0.05) is 56.5 Å². The van der Waals surface area contributed by atoms with E-state index in [0.717, 1.165) is 44.3 Å². The summed E-state index contributed by atoms with van der Waals surface area (Å²) >= 11 is 0. The Balaban J connectivity index is 1.64. The van der Waals surface area contributed by atoms with Crippen LogP contribution in [0.25, 0.3) is 21.8 Å². The zero-order chi connectivity index (χ0) is 24.6. The summed E-state index contributed by atoms with van der Waals surface area (Å²) in [7, 11) is 0. The molecule has 0 spiro atoms. The average Bonchev–Trinajstić information content (AvgIpc) is 3.43. The van der Waals surface area contributed by atoms with E-state index in [2.05, 4.69) is 22.1 Å². The number of H-pyrrole nitrogens is 2. The number of hydrogen-bond donors (Lipinski definition) is 6. The molecular formula is C30H22N2O4. The number of aromatic nitrogens is 2. The van der Waals surface area contributed by atoms with Gasteiger partial charge in [0.05, 0.1) is 11.8 Å². The van der Waals surface area contributed by atoms with Gasteiger partial charge in [-0.3, -0.25) is 0 Å². The summed E-state index contributed by atoms with van der Waals surface area (Å²) in [4.78, 5) is 7.23. The van der Waals surface area contributed by atoms with E-state index in [1.807, 2.05) is 36.4 Å². The van der Waals surface area contributed by atoms with Crippen molar-refractivity contribution in [3.63, 3.8) is 0 Å². The fourth-order valence-corrected chi connectivity index (χ4v) is 5.91. The monoisotopic (exact) mass is 474 g/mol. The minimum atomic E-state index is -0.352. The Kier molecular flexibility index (Phi) is 4.18. The quantitative estimate of drug-likeness (QED) is 0.181. The van der Waals surface area contributed by atoms with Crippen LogP contribution in [0.4, 0.5) is 0 Å². The molecule has 2 aromatic heterocycles. The second-order valence-corrected chi connectivity index (χ2v) is 9.35. The summed E-state index contributed by atoms with van der Waals surface area (Å²) in [5, 5.41) is 44.0. The molecule has 2 heterocycles. The van der Waals surface area contributed by atoms with Gasteiger partial charge in [-0.15, -0.1) is 0 Å². The summed E-state index contributed by atoms with van der Waals surface area (Å²) in [6, 6.07) is 25.5. The number of phenols is 4. The third kappa shape index (κ3) is 2.78. The molecule has 0 aliphatic heterocycles. The predicted octanol–water partition coefficient (Wildman–Crippen LogP) is 6.15. The van der Waals surface area contributed by atoms with Gasteiger partial charge in [-0.2, -0.15) is 0 Å². The lowest BCUT2D eigenvalue weighted by Crippen LogP contribution is -2.19. The molecule has 0 amide bonds. The summed E-state index contributed by atoms with van der Waals surface area (Å²) in [5.74, 6) is -0.701. The van der Waals surface area contributed by atoms with Crippen molar-refractivity contribution in [1.82, 2.24) is 9.97 Å². The third-order valence-electron chi connectivity index (χ3n) is 7.36. The molecule has 36 heavy (non-hydrogen) atoms. The van der Waals surface area contributed by atoms with E-state index >= 15 is 0 Å². The Labute approximate surface area is 205 Å². The van der Waals surface area contributed by atoms with Crippen LogP contribution in [0, 0.1) is 0 Å². The molecule has 0 saturated carbocycles. The van der Waals surface area contributed by atoms with Crippen LogP contribution in [-0.4, -0.2) is 30.4 Å². The Bertz CT molecular complexity index is 1680. The molecule has 0 saturated heterocycles. The van der Waals surface area contributed by atoms with Gasteiger partial charge in [0.15, 0.2) is 0 Å². The van der Waals surface area contributed by atoms with Crippen molar-refractivity contribution >= 4 is 21.8 Å². The lowest BCUT2D eigenvalue weighted by molar-refractivity contribution is 0.442. The largest absolute Gasteiger partial charge is 0.508 e. The van der Waals surface area contributed by atoms with Crippen molar-refractivity contribution in [3.8, 4) is 23.0 Å². The molecule has 2 atom stereocenters. The second kappa shape index (κ2) is 7.33. The number of fused-ring (bicyclic) bond motifs is 6. The molecule has 7 rings (SSSR count). The highest BCUT2D eigenvalue weighted by Crippen LogP contribution is 2.55. The molecule has 2 unspecified atom stereocenters. The first-order valence-corrected chi connectivity index (χ1v) is 11.8. The van der Waals surface area contributed by atoms with Crippen LogP contribution in [0.1, 0.15) is 45.5 Å². The molecule has 176 valence electrons. The first kappa shape index (κ1) is 20.5. The zero-order valence-electron chi connectivity index (χ0n) is 19.0. The van der Waals surface area contributed by atoms with Gasteiger partial charge >= 0.3 is 0 Å². The van der Waals surface area contributed by atoms with Crippen molar-refractivity contribution in [2.75, 3.05) is 0 Å². The highest BCUT2D eigenvalue weighted by atomic mass is 16.3. The van der Waals surface area contributed by atoms with Crippen LogP contribution >= 0.6 is 0 Å². The first-order chi connectivity index (χ1) is 17.5. The summed E-state index contributed by atoms with van der Waals surface area (Å²) < 4.78 is 0. The van der Waals surface area contributed by atoms with Gasteiger partial charge in [-0.1, -0.05) is 48.5 Å². The molecule has 0 radical (unpaired) electrons. The van der Waals surface area contributed by atoms with E-state index in [4.69, 9.17) is 0 Å². The number of benzene rings is 4. The highest BCUT2D eigenvalue weighted by Gasteiger charge is 2.41. The molecular weight excluding hydrogens is 452 g/mol. The maximum absolute atomic E-state index is 11.0. The summed E-state index contributed by atoms with van der Waals surface area (Å²) in [5.41, 5.74) is 7.03. The fourth-order valence-electron chi connectivity index (χ4n) is 5.91. The number of nitrogens with one attached hydrogen (secondary N) is 2. The fraction of sp³-hybridized carbons (Fsp3) is 0.0667. The summed E-state index contributed by atoms with van der Waals surface area (Å²) in [6.45, 7) is 0. The molecule has 6 nitrogen and oxygen atoms in total. The third-order valence-corrected chi connectivity index (χ3v) is 7.36. The number of para-hydroxylation sites is 2. The first-order valence-electron chi connectivity index (χ1n) is 11.8. The van der Waals surface area contributed by atoms with Crippen LogP contribution in [0.15, 0.2) is 84.9 Å². The highest BCUT2D eigenvalue weighted by molar-refractivity contribution is 5.93. The molecule has 0 bridgehead atoms. The van der Waals surface area contributed by atoms with Crippen molar-refractivity contribution in [3.05, 3.63) is 119 Å². The molecule has 6 heteroatoms. The second-order valence-electron chi connectivity index (χ2n) is 9.35. The smallest absolute Gasteiger partial charge is 0.123 e. The number of aromatic hydroxyl groups is 4. The van der Waals surface area contributed by atoms with E-state index in [0.29, 0.717) is 11.1 Å². The Hall–Kier alpha value is -4.84. The van der Waals surface area contributed by atoms with Crippen molar-refractivity contribution in [1.29, 1.82) is 0 Å². The van der Waals surface area contributed by atoms with Crippen LogP contribution in [0.2, 0.25) is 0 Å². The van der Waals surface area contributed by atoms with Crippen molar-refractivity contribution in [2.45, 2.75) is 11.8 Å². The van der Waals surface area contributed by atoms with Crippen LogP contribution in [-0.2, 0) is 0 Å². The maximum Gasteiger partial charge on any atom is 0.123 e. The van der Waals surface area contributed by atoms with Crippen LogP contribution in [0.5, 0.6) is 23.0 Å². The molecule has 0 fully saturated rings. The zero-order valence-corrected chi connectivity index (χ0v) is 19.0. The summed E-state index contributed by atoms with van der Waals surface area (Å²) in [6.07, 6.45) is 0. The van der Waals surface area contributed by atoms with E-state index in [-0.39, 0.29) is 34.8 Å². The van der Waals surface area contributed by atoms with E-state index in [1.165, 1.54) is 12.1 Å². The van der Waals surface area contributed by atoms with Gasteiger partial charge in [0.2, 0.25) is 0 Å². The SMILES string of the molecule is Oc1ccc(C2c3[nH]c4ccccc4c3C(c3ccc(O)cc3O)c3[nH]c4ccccc4c32)c(O)c1. The molecule has 4 aromatic carbocycles. The van der Waals surface area contributed by atoms with Gasteiger partial charge < -0.3 is 30.4 Å². The molecule has 6 N–H and O–H groups in total. The van der Waals surface area contributed by atoms with Gasteiger partial charge in [0.25, 0.3) is 0 Å².